The van der Waals surface area contributed by atoms with E-state index < -0.39 is 161 Å². The van der Waals surface area contributed by atoms with E-state index in [-0.39, 0.29) is 89.5 Å². The summed E-state index contributed by atoms with van der Waals surface area (Å²) in [5, 5.41) is 49.1. The number of hydrogen-bond acceptors (Lipinski definition) is 16. The second-order valence-electron chi connectivity index (χ2n) is 30.6. The molecule has 0 aliphatic heterocycles. The van der Waals surface area contributed by atoms with Gasteiger partial charge in [0.05, 0.1) is 79.6 Å². The number of nitrogens with one attached hydrogen (secondary N) is 8. The molecule has 8 aromatic carbocycles. The van der Waals surface area contributed by atoms with Crippen LogP contribution in [0.15, 0.2) is 151 Å². The van der Waals surface area contributed by atoms with E-state index in [4.69, 9.17) is 69.6 Å². The number of rotatable bonds is 20. The first-order valence-electron chi connectivity index (χ1n) is 37.5. The minimum Gasteiger partial charge on any atom is -0.390 e. The predicted molar refractivity (Wildman–Crippen MR) is 454 cm³/mol. The zero-order valence-electron chi connectivity index (χ0n) is 65.2. The van der Waals surface area contributed by atoms with Crippen LogP contribution in [0.25, 0.3) is 0 Å². The number of halogens is 15. The van der Waals surface area contributed by atoms with Crippen molar-refractivity contribution in [3.8, 4) is 0 Å². The minimum absolute atomic E-state index is 0.0288. The van der Waals surface area contributed by atoms with E-state index in [0.717, 1.165) is 68.1 Å². The summed E-state index contributed by atoms with van der Waals surface area (Å²) in [7, 11) is -16.3. The topological polar surface area (TPSA) is 382 Å². The second kappa shape index (κ2) is 40.8. The van der Waals surface area contributed by atoms with E-state index in [1.165, 1.54) is 72.8 Å². The van der Waals surface area contributed by atoms with Crippen LogP contribution in [-0.4, -0.2) is 124 Å². The highest BCUT2D eigenvalue weighted by Crippen LogP contribution is 2.38. The largest absolute Gasteiger partial charge is 0.390 e. The van der Waals surface area contributed by atoms with E-state index in [1.807, 2.05) is 0 Å². The van der Waals surface area contributed by atoms with Crippen LogP contribution in [0.4, 0.5) is 57.9 Å². The van der Waals surface area contributed by atoms with Crippen LogP contribution >= 0.6 is 85.5 Å². The monoisotopic (exact) mass is 1980 g/mol. The Balaban J connectivity index is 0.000000186. The van der Waals surface area contributed by atoms with Gasteiger partial charge in [-0.3, -0.25) is 19.2 Å². The van der Waals surface area contributed by atoms with Gasteiger partial charge in [-0.2, -0.15) is 0 Å². The lowest BCUT2D eigenvalue weighted by atomic mass is 9.82. The molecule has 123 heavy (non-hydrogen) atoms. The summed E-state index contributed by atoms with van der Waals surface area (Å²) in [4.78, 5) is 49.0. The minimum atomic E-state index is -4.16. The van der Waals surface area contributed by atoms with E-state index in [1.54, 1.807) is 27.7 Å². The molecule has 43 heteroatoms. The van der Waals surface area contributed by atoms with Crippen molar-refractivity contribution in [1.82, 2.24) is 18.9 Å². The Labute approximate surface area is 742 Å². The van der Waals surface area contributed by atoms with Gasteiger partial charge >= 0.3 is 0 Å². The first-order valence-corrected chi connectivity index (χ1v) is 46.5. The Morgan fingerprint density at radius 3 is 1.05 bits per heavy atom. The molecule has 12 N–H and O–H groups in total. The van der Waals surface area contributed by atoms with Gasteiger partial charge in [-0.15, -0.1) is 0 Å². The maximum Gasteiger partial charge on any atom is 0.257 e. The highest BCUT2D eigenvalue weighted by atomic mass is 79.9. The average Bonchev–Trinajstić information content (AvgIpc) is 0.798. The summed E-state index contributed by atoms with van der Waals surface area (Å²) in [6.45, 7) is 6.57. The van der Waals surface area contributed by atoms with Gasteiger partial charge in [0.25, 0.3) is 23.6 Å². The van der Waals surface area contributed by atoms with Gasteiger partial charge < -0.3 is 41.7 Å². The summed E-state index contributed by atoms with van der Waals surface area (Å²) in [5.41, 5.74) is -4.57. The molecule has 4 saturated carbocycles. The Morgan fingerprint density at radius 1 is 0.350 bits per heavy atom. The fraction of sp³-hybridized carbons (Fsp3) is 0.350. The smallest absolute Gasteiger partial charge is 0.257 e. The van der Waals surface area contributed by atoms with Crippen molar-refractivity contribution in [2.45, 2.75) is 197 Å². The molecule has 8 aromatic rings. The fourth-order valence-electron chi connectivity index (χ4n) is 13.5. The van der Waals surface area contributed by atoms with Gasteiger partial charge in [0.1, 0.15) is 20.5 Å². The number of hydrogen-bond donors (Lipinski definition) is 12. The molecule has 666 valence electrons. The van der Waals surface area contributed by atoms with Crippen molar-refractivity contribution in [3.63, 3.8) is 0 Å². The standard InChI is InChI=1S/C20H21BrClFN2O4S.2C20H20Cl2F2N2O4S.C20H20ClF3N2O4S/c1-20(27)9-3-2-4-18(20)25-30(28,29)17-10-12(5-7-15(17)22)19(26)24-13-6-8-16(23)14(21)11-13;1-20(28)6-4-11(5-7-20)26-31(29,30)13-2-3-15(21)14(10-13)19(27)25-12-8-16(22)18(24)17(23)9-12;1-20(28)7-3-2-4-17(20)26-31(29,30)16-8-11(5-6-13(16)21)19(27)25-12-9-14(22)18(24)15(23)10-12;1-20(28)6-4-12(5-7-20)26-31(29,30)17-8-11(2-3-14(17)21)19(27)25-13-9-15(22)18(24)16(23)10-13/h5-8,10-11,18,25,27H,2-4,9H2,1H3,(H,24,26);2-3,8-11,26,28H,4-7H2,1H3,(H,25,27);5-6,8-10,17,26,28H,2-4,7H2,1H3,(H,25,27);2-3,8-10,12,26,28H,4-7H2,1H3,(H,25,27). The van der Waals surface area contributed by atoms with Crippen LogP contribution in [0.3, 0.4) is 0 Å². The lowest BCUT2D eigenvalue weighted by Crippen LogP contribution is -2.52. The molecule has 0 radical (unpaired) electrons. The predicted octanol–water partition coefficient (Wildman–Crippen LogP) is 17.4. The van der Waals surface area contributed by atoms with E-state index >= 15 is 0 Å². The summed E-state index contributed by atoms with van der Waals surface area (Å²) in [6, 6.07) is 21.2. The Kier molecular flexibility index (Phi) is 33.0. The quantitative estimate of drug-likeness (QED) is 0.0249. The van der Waals surface area contributed by atoms with Gasteiger partial charge in [0.15, 0.2) is 40.7 Å². The van der Waals surface area contributed by atoms with E-state index in [9.17, 15) is 108 Å². The van der Waals surface area contributed by atoms with Crippen molar-refractivity contribution in [2.24, 2.45) is 0 Å². The first-order chi connectivity index (χ1) is 57.1. The molecule has 4 aliphatic carbocycles. The molecular weight excluding hydrogens is 1900 g/mol. The lowest BCUT2D eigenvalue weighted by Gasteiger charge is -2.37. The fourth-order valence-corrected chi connectivity index (χ4v) is 21.4. The maximum absolute atomic E-state index is 13.5. The molecule has 0 heterocycles. The highest BCUT2D eigenvalue weighted by Gasteiger charge is 2.41. The highest BCUT2D eigenvalue weighted by molar-refractivity contribution is 9.10. The Bertz CT molecular complexity index is 5770. The van der Waals surface area contributed by atoms with Crippen LogP contribution in [0.1, 0.15) is 172 Å². The van der Waals surface area contributed by atoms with Crippen LogP contribution in [0, 0.1) is 46.5 Å². The van der Waals surface area contributed by atoms with Crippen molar-refractivity contribution < 1.29 is 108 Å². The molecule has 0 aromatic heterocycles. The normalized spacial score (nSPS) is 21.7. The number of anilines is 4. The van der Waals surface area contributed by atoms with Crippen LogP contribution in [0.5, 0.6) is 0 Å². The number of aliphatic hydroxyl groups is 4. The second-order valence-corrected chi connectivity index (χ2v) is 40.7. The van der Waals surface area contributed by atoms with Gasteiger partial charge in [-0.1, -0.05) is 95.3 Å². The molecule has 0 bridgehead atoms. The molecule has 0 saturated heterocycles. The molecular formula is C80H81BrCl6F8N8O16S4. The van der Waals surface area contributed by atoms with Crippen LogP contribution in [-0.2, 0) is 40.1 Å². The third-order valence-corrected chi connectivity index (χ3v) is 29.5. The number of benzene rings is 8. The Hall–Kier alpha value is -7.22. The molecule has 4 atom stereocenters. The van der Waals surface area contributed by atoms with Gasteiger partial charge in [-0.05, 0) is 224 Å². The summed E-state index contributed by atoms with van der Waals surface area (Å²) in [5.74, 6) is -13.1. The summed E-state index contributed by atoms with van der Waals surface area (Å²) in [6.07, 6.45) is 8.69. The molecule has 12 rings (SSSR count). The molecule has 4 unspecified atom stereocenters. The summed E-state index contributed by atoms with van der Waals surface area (Å²) >= 11 is 38.5. The SMILES string of the molecule is CC1(O)CCC(NS(=O)(=O)c2cc(C(=O)Nc3cc(F)c(F)c(F)c3)ccc2Cl)CC1.CC1(O)CCC(NS(=O)(=O)c2ccc(Cl)c(C(=O)Nc3cc(F)c(F)c(Cl)c3)c2)CC1.CC1(O)CCCCC1NS(=O)(=O)c1cc(C(=O)Nc2cc(F)c(F)c(Cl)c2)ccc1Cl.CC1(O)CCCCC1NS(=O)(=O)c1cc(C(=O)Nc2ccc(F)c(Br)c2)ccc1Cl. The van der Waals surface area contributed by atoms with Gasteiger partial charge in [0, 0.05) is 75.8 Å². The molecule has 4 amide bonds. The number of sulfonamides is 4. The maximum atomic E-state index is 13.5. The molecule has 0 spiro atoms. The van der Waals surface area contributed by atoms with E-state index in [2.05, 4.69) is 56.1 Å². The van der Waals surface area contributed by atoms with Gasteiger partial charge in [-0.25, -0.2) is 87.7 Å². The Morgan fingerprint density at radius 2 is 0.683 bits per heavy atom. The average molecular weight is 1980 g/mol. The number of amides is 4. The van der Waals surface area contributed by atoms with E-state index in [0.29, 0.717) is 94.9 Å². The first kappa shape index (κ1) is 99.6. The van der Waals surface area contributed by atoms with Crippen molar-refractivity contribution in [1.29, 1.82) is 0 Å². The molecule has 4 aliphatic rings. The van der Waals surface area contributed by atoms with Crippen molar-refractivity contribution in [2.75, 3.05) is 21.3 Å². The zero-order valence-corrected chi connectivity index (χ0v) is 74.6. The third-order valence-electron chi connectivity index (χ3n) is 20.6. The number of carbonyl (C=O) groups excluding carboxylic acids is 4. The molecule has 24 nitrogen and oxygen atoms in total. The van der Waals surface area contributed by atoms with Gasteiger partial charge in [0.2, 0.25) is 40.1 Å². The van der Waals surface area contributed by atoms with Crippen molar-refractivity contribution >= 4 is 172 Å². The van der Waals surface area contributed by atoms with Crippen LogP contribution < -0.4 is 40.2 Å². The third kappa shape index (κ3) is 26.7. The van der Waals surface area contributed by atoms with Crippen molar-refractivity contribution in [3.05, 3.63) is 231 Å². The molecule has 4 fully saturated rings. The lowest BCUT2D eigenvalue weighted by molar-refractivity contribution is -0.00245. The summed E-state index contributed by atoms with van der Waals surface area (Å²) < 4.78 is 220. The zero-order chi connectivity index (χ0) is 91.0. The number of carbonyl (C=O) groups is 4. The van der Waals surface area contributed by atoms with Crippen LogP contribution in [0.2, 0.25) is 30.1 Å².